The maximum Gasteiger partial charge on any atom is 0.252 e. The maximum atomic E-state index is 6.63. The van der Waals surface area contributed by atoms with Crippen LogP contribution in [0.4, 0.5) is 34.1 Å². The molecule has 2 aliphatic rings. The normalized spacial score (nSPS) is 12.7. The van der Waals surface area contributed by atoms with Gasteiger partial charge in [0.2, 0.25) is 0 Å². The number of nitrogens with zero attached hydrogens (tertiary/aromatic N) is 2. The molecule has 87 heavy (non-hydrogen) atoms. The van der Waals surface area contributed by atoms with E-state index in [1.54, 1.807) is 0 Å². The van der Waals surface area contributed by atoms with E-state index >= 15 is 0 Å². The van der Waals surface area contributed by atoms with Gasteiger partial charge in [0.15, 0.2) is 0 Å². The molecule has 4 nitrogen and oxygen atoms in total. The first-order valence-corrected chi connectivity index (χ1v) is 30.2. The predicted octanol–water partition coefficient (Wildman–Crippen LogP) is 20.9. The molecular weight excluding hydrogens is 1060 g/mol. The standard InChI is InChI=1S/C82H57BN2O2/c1-82(2,3)58-50-71-79-72(51-58)85(81-63(54-28-12-6-13-29-54)38-21-39-64(81)55-30-14-7-15-31-55)70-47-45-57(60-35-23-43-76-78(60)66-33-17-19-41-74(66)87-76)49-68(70)83(79)67-48-56(59-34-22-42-75-77(59)65-32-16-18-40-73(65)86-75)44-46-69(67)84(71)80-61(52-24-8-4-9-25-52)36-20-37-62(80)53-26-10-5-11-27-53/h4-51H,1-3H3. The molecule has 5 heteroatoms. The third kappa shape index (κ3) is 8.07. The second kappa shape index (κ2) is 19.9. The van der Waals surface area contributed by atoms with Crippen LogP contribution in [0.2, 0.25) is 0 Å². The smallest absolute Gasteiger partial charge is 0.252 e. The summed E-state index contributed by atoms with van der Waals surface area (Å²) in [5, 5.41) is 4.43. The van der Waals surface area contributed by atoms with E-state index in [4.69, 9.17) is 8.83 Å². The Morgan fingerprint density at radius 1 is 0.287 bits per heavy atom. The summed E-state index contributed by atoms with van der Waals surface area (Å²) in [4.78, 5) is 5.30. The minimum atomic E-state index is -0.271. The van der Waals surface area contributed by atoms with Gasteiger partial charge in [-0.25, -0.2) is 0 Å². The molecule has 13 aromatic carbocycles. The van der Waals surface area contributed by atoms with Gasteiger partial charge in [0.05, 0.1) is 11.4 Å². The second-order valence-corrected chi connectivity index (χ2v) is 24.3. The van der Waals surface area contributed by atoms with Gasteiger partial charge >= 0.3 is 0 Å². The number of anilines is 6. The zero-order valence-corrected chi connectivity index (χ0v) is 48.5. The summed E-state index contributed by atoms with van der Waals surface area (Å²) in [7, 11) is 0. The lowest BCUT2D eigenvalue weighted by Crippen LogP contribution is -2.61. The van der Waals surface area contributed by atoms with Gasteiger partial charge in [-0.05, 0) is 120 Å². The Balaban J connectivity index is 1.05. The molecule has 15 aromatic rings. The van der Waals surface area contributed by atoms with Crippen molar-refractivity contribution < 1.29 is 8.83 Å². The number of benzene rings is 13. The Labute approximate surface area is 506 Å². The molecule has 0 N–H and O–H groups in total. The summed E-state index contributed by atoms with van der Waals surface area (Å²) in [6.45, 7) is 6.83. The van der Waals surface area contributed by atoms with Crippen LogP contribution in [0.3, 0.4) is 0 Å². The van der Waals surface area contributed by atoms with E-state index < -0.39 is 0 Å². The van der Waals surface area contributed by atoms with Gasteiger partial charge in [-0.3, -0.25) is 0 Å². The summed E-state index contributed by atoms with van der Waals surface area (Å²) in [6.07, 6.45) is 0. The van der Waals surface area contributed by atoms with Gasteiger partial charge in [-0.2, -0.15) is 0 Å². The highest BCUT2D eigenvalue weighted by atomic mass is 16.3. The van der Waals surface area contributed by atoms with E-state index in [0.717, 1.165) is 145 Å². The zero-order valence-electron chi connectivity index (χ0n) is 48.5. The number of hydrogen-bond donors (Lipinski definition) is 0. The van der Waals surface area contributed by atoms with Gasteiger partial charge in [0.25, 0.3) is 6.71 Å². The minimum Gasteiger partial charge on any atom is -0.456 e. The molecule has 17 rings (SSSR count). The number of furan rings is 2. The van der Waals surface area contributed by atoms with Gasteiger partial charge in [-0.15, -0.1) is 0 Å². The monoisotopic (exact) mass is 1110 g/mol. The van der Waals surface area contributed by atoms with Crippen LogP contribution in [0.1, 0.15) is 26.3 Å². The largest absolute Gasteiger partial charge is 0.456 e. The van der Waals surface area contributed by atoms with E-state index in [-0.39, 0.29) is 12.1 Å². The van der Waals surface area contributed by atoms with Gasteiger partial charge in [0.1, 0.15) is 22.3 Å². The van der Waals surface area contributed by atoms with Crippen molar-refractivity contribution in [2.24, 2.45) is 0 Å². The van der Waals surface area contributed by atoms with Crippen molar-refractivity contribution in [2.45, 2.75) is 26.2 Å². The topological polar surface area (TPSA) is 32.8 Å². The third-order valence-corrected chi connectivity index (χ3v) is 18.2. The Hall–Kier alpha value is -10.9. The van der Waals surface area contributed by atoms with E-state index in [9.17, 15) is 0 Å². The summed E-state index contributed by atoms with van der Waals surface area (Å²) >= 11 is 0. The molecule has 0 amide bonds. The van der Waals surface area contributed by atoms with Crippen LogP contribution in [-0.4, -0.2) is 6.71 Å². The molecule has 4 heterocycles. The quantitative estimate of drug-likeness (QED) is 0.142. The van der Waals surface area contributed by atoms with Gasteiger partial charge in [-0.1, -0.05) is 263 Å². The Morgan fingerprint density at radius 2 is 0.621 bits per heavy atom. The molecular formula is C82H57BN2O2. The molecule has 0 fully saturated rings. The highest BCUT2D eigenvalue weighted by molar-refractivity contribution is 7.00. The maximum absolute atomic E-state index is 6.63. The SMILES string of the molecule is CC(C)(C)c1cc2c3c(c1)N(c1c(-c4ccccc4)cccc1-c1ccccc1)c1ccc(-c4cccc5oc6ccccc6c45)cc1B3c1cc(-c3cccc4oc5ccccc5c34)ccc1N2c1c(-c2ccccc2)cccc1-c1ccccc1. The van der Waals surface area contributed by atoms with E-state index in [0.29, 0.717) is 0 Å². The molecule has 2 aromatic heterocycles. The van der Waals surface area contributed by atoms with Crippen LogP contribution >= 0.6 is 0 Å². The molecule has 410 valence electrons. The first-order chi connectivity index (χ1) is 42.8. The van der Waals surface area contributed by atoms with Crippen LogP contribution in [0.15, 0.2) is 300 Å². The van der Waals surface area contributed by atoms with E-state index in [1.807, 2.05) is 0 Å². The molecule has 2 aliphatic heterocycles. The number of hydrogen-bond acceptors (Lipinski definition) is 4. The third-order valence-electron chi connectivity index (χ3n) is 18.2. The zero-order chi connectivity index (χ0) is 57.9. The Bertz CT molecular complexity index is 4780. The molecule has 0 atom stereocenters. The van der Waals surface area contributed by atoms with Crippen molar-refractivity contribution in [1.29, 1.82) is 0 Å². The summed E-state index contributed by atoms with van der Waals surface area (Å²) in [5.41, 5.74) is 28.6. The number of para-hydroxylation sites is 4. The molecule has 0 unspecified atom stereocenters. The van der Waals surface area contributed by atoms with Crippen LogP contribution in [0.5, 0.6) is 0 Å². The van der Waals surface area contributed by atoms with Crippen LogP contribution < -0.4 is 26.2 Å². The van der Waals surface area contributed by atoms with Crippen molar-refractivity contribution in [3.05, 3.63) is 297 Å². The van der Waals surface area contributed by atoms with Crippen LogP contribution in [0, 0.1) is 0 Å². The van der Waals surface area contributed by atoms with Crippen LogP contribution in [0.25, 0.3) is 111 Å². The Kier molecular flexibility index (Phi) is 11.6. The van der Waals surface area contributed by atoms with Crippen molar-refractivity contribution in [1.82, 2.24) is 0 Å². The summed E-state index contributed by atoms with van der Waals surface area (Å²) < 4.78 is 13.3. The first kappa shape index (κ1) is 50.6. The first-order valence-electron chi connectivity index (χ1n) is 30.2. The molecule has 0 aliphatic carbocycles. The van der Waals surface area contributed by atoms with Crippen molar-refractivity contribution in [3.63, 3.8) is 0 Å². The number of rotatable bonds is 8. The lowest BCUT2D eigenvalue weighted by Gasteiger charge is -2.46. The molecule has 0 radical (unpaired) electrons. The van der Waals surface area contributed by atoms with E-state index in [2.05, 4.69) is 322 Å². The fraction of sp³-hybridized carbons (Fsp3) is 0.0488. The fourth-order valence-electron chi connectivity index (χ4n) is 14.3. The second-order valence-electron chi connectivity index (χ2n) is 24.3. The van der Waals surface area contributed by atoms with Gasteiger partial charge in [0, 0.05) is 66.5 Å². The van der Waals surface area contributed by atoms with Crippen LogP contribution in [-0.2, 0) is 5.41 Å². The molecule has 0 saturated carbocycles. The Morgan fingerprint density at radius 3 is 1.00 bits per heavy atom. The molecule has 0 spiro atoms. The average Bonchev–Trinajstić information content (AvgIpc) is 1.19. The lowest BCUT2D eigenvalue weighted by atomic mass is 9.33. The van der Waals surface area contributed by atoms with Crippen molar-refractivity contribution >= 4 is 101 Å². The number of fused-ring (bicyclic) bond motifs is 10. The highest BCUT2D eigenvalue weighted by Crippen LogP contribution is 2.54. The lowest BCUT2D eigenvalue weighted by molar-refractivity contribution is 0.590. The summed E-state index contributed by atoms with van der Waals surface area (Å²) in [6, 6.07) is 107. The summed E-state index contributed by atoms with van der Waals surface area (Å²) in [5.74, 6) is 0. The predicted molar refractivity (Wildman–Crippen MR) is 366 cm³/mol. The molecule has 0 bridgehead atoms. The van der Waals surface area contributed by atoms with E-state index in [1.165, 1.54) is 22.0 Å². The minimum absolute atomic E-state index is 0.255. The highest BCUT2D eigenvalue weighted by Gasteiger charge is 2.46. The van der Waals surface area contributed by atoms with Crippen molar-refractivity contribution in [2.75, 3.05) is 9.80 Å². The van der Waals surface area contributed by atoms with Gasteiger partial charge < -0.3 is 18.6 Å². The average molecular weight is 1110 g/mol. The van der Waals surface area contributed by atoms with Crippen molar-refractivity contribution in [3.8, 4) is 66.8 Å². The fourth-order valence-corrected chi connectivity index (χ4v) is 14.3. The molecule has 0 saturated heterocycles.